The fraction of sp³-hybridized carbons (Fsp3) is 0.600. The van der Waals surface area contributed by atoms with Gasteiger partial charge in [-0.3, -0.25) is 19.2 Å². The van der Waals surface area contributed by atoms with Gasteiger partial charge in [-0.15, -0.1) is 0 Å². The highest BCUT2D eigenvalue weighted by atomic mass is 32.2. The van der Waals surface area contributed by atoms with Gasteiger partial charge in [0.1, 0.15) is 23.7 Å². The van der Waals surface area contributed by atoms with E-state index < -0.39 is 10.0 Å². The second-order valence-electron chi connectivity index (χ2n) is 11.2. The molecule has 14 nitrogen and oxygen atoms in total. The van der Waals surface area contributed by atoms with E-state index in [1.54, 1.807) is 13.1 Å². The number of H-pyrrole nitrogens is 1. The van der Waals surface area contributed by atoms with Gasteiger partial charge >= 0.3 is 5.97 Å². The molecule has 246 valence electrons. The quantitative estimate of drug-likeness (QED) is 0.267. The number of nitrogens with zero attached hydrogens (tertiary/aromatic N) is 6. The number of benzene rings is 1. The van der Waals surface area contributed by atoms with E-state index >= 15 is 0 Å². The van der Waals surface area contributed by atoms with Gasteiger partial charge in [-0.05, 0) is 31.5 Å². The van der Waals surface area contributed by atoms with Crippen molar-refractivity contribution in [3.63, 3.8) is 0 Å². The molecule has 3 aromatic rings. The second kappa shape index (κ2) is 14.8. The fourth-order valence-electron chi connectivity index (χ4n) is 5.69. The Morgan fingerprint density at radius 2 is 1.78 bits per heavy atom. The minimum absolute atomic E-state index is 0.0842. The van der Waals surface area contributed by atoms with Crippen LogP contribution < -0.4 is 10.3 Å². The predicted octanol–water partition coefficient (Wildman–Crippen LogP) is 1.25. The molecular formula is C30H43N7O7S. The van der Waals surface area contributed by atoms with Gasteiger partial charge in [0.25, 0.3) is 5.56 Å². The van der Waals surface area contributed by atoms with Gasteiger partial charge in [-0.2, -0.15) is 9.40 Å². The molecule has 5 rings (SSSR count). The normalized spacial score (nSPS) is 17.1. The minimum atomic E-state index is -3.86. The highest BCUT2D eigenvalue weighted by molar-refractivity contribution is 7.89. The van der Waals surface area contributed by atoms with Crippen molar-refractivity contribution in [2.24, 2.45) is 7.05 Å². The Labute approximate surface area is 263 Å². The summed E-state index contributed by atoms with van der Waals surface area (Å²) in [4.78, 5) is 37.3. The first-order valence-corrected chi connectivity index (χ1v) is 17.1. The smallest absolute Gasteiger partial charge is 0.307 e. The first kappa shape index (κ1) is 33.0. The molecule has 0 saturated carbocycles. The van der Waals surface area contributed by atoms with Gasteiger partial charge < -0.3 is 24.1 Å². The number of hydrogen-bond acceptors (Lipinski definition) is 11. The van der Waals surface area contributed by atoms with Crippen LogP contribution in [0.1, 0.15) is 32.4 Å². The van der Waals surface area contributed by atoms with E-state index in [0.29, 0.717) is 87.1 Å². The van der Waals surface area contributed by atoms with E-state index in [4.69, 9.17) is 19.2 Å². The number of piperazine rings is 1. The van der Waals surface area contributed by atoms with Gasteiger partial charge in [-0.1, -0.05) is 13.3 Å². The number of carbonyl (C=O) groups excluding carboxylic acids is 1. The Kier molecular flexibility index (Phi) is 10.9. The molecule has 0 radical (unpaired) electrons. The molecular weight excluding hydrogens is 602 g/mol. The zero-order chi connectivity index (χ0) is 32.0. The SMILES string of the molecule is CCCc1nn(C)c2c(=O)[nH]c(-c3cc(S(=O)(=O)N4CCN(CCC(=O)OCCN5CCOCC5)CC4)ccc3OCC)nc12. The van der Waals surface area contributed by atoms with Crippen molar-refractivity contribution in [2.75, 3.05) is 78.8 Å². The van der Waals surface area contributed by atoms with Crippen molar-refractivity contribution in [1.29, 1.82) is 0 Å². The number of aryl methyl sites for hydroxylation is 2. The number of ether oxygens (including phenoxy) is 3. The molecule has 4 heterocycles. The number of sulfonamides is 1. The summed E-state index contributed by atoms with van der Waals surface area (Å²) in [7, 11) is -2.15. The lowest BCUT2D eigenvalue weighted by Crippen LogP contribution is -2.49. The van der Waals surface area contributed by atoms with Crippen LogP contribution in [0.4, 0.5) is 0 Å². The molecule has 45 heavy (non-hydrogen) atoms. The van der Waals surface area contributed by atoms with E-state index in [2.05, 4.69) is 19.9 Å². The minimum Gasteiger partial charge on any atom is -0.493 e. The summed E-state index contributed by atoms with van der Waals surface area (Å²) < 4.78 is 47.0. The Bertz CT molecular complexity index is 1640. The summed E-state index contributed by atoms with van der Waals surface area (Å²) in [5, 5.41) is 4.48. The Balaban J connectivity index is 1.25. The standard InChI is InChI=1S/C30H43N7O7S/c1-4-6-24-27-28(34(3)33-24)30(39)32-29(31-27)23-21-22(7-8-25(23)43-5-2)45(40,41)37-13-11-35(12-14-37)10-9-26(38)44-20-17-36-15-18-42-19-16-36/h7-8,21H,4-6,9-20H2,1-3H3,(H,31,32,39). The molecule has 2 fully saturated rings. The van der Waals surface area contributed by atoms with Crippen LogP contribution in [0, 0.1) is 0 Å². The summed E-state index contributed by atoms with van der Waals surface area (Å²) in [6, 6.07) is 4.64. The predicted molar refractivity (Wildman–Crippen MR) is 168 cm³/mol. The maximum absolute atomic E-state index is 13.8. The molecule has 0 amide bonds. The largest absolute Gasteiger partial charge is 0.493 e. The van der Waals surface area contributed by atoms with E-state index in [1.807, 2.05) is 13.8 Å². The van der Waals surface area contributed by atoms with Crippen LogP contribution in [-0.4, -0.2) is 127 Å². The third-order valence-electron chi connectivity index (χ3n) is 8.13. The second-order valence-corrected chi connectivity index (χ2v) is 13.1. The number of aromatic amines is 1. The van der Waals surface area contributed by atoms with Crippen LogP contribution in [0.15, 0.2) is 27.9 Å². The third-order valence-corrected chi connectivity index (χ3v) is 10.0. The molecule has 0 atom stereocenters. The molecule has 2 saturated heterocycles. The van der Waals surface area contributed by atoms with Crippen LogP contribution in [0.2, 0.25) is 0 Å². The molecule has 2 aromatic heterocycles. The first-order valence-electron chi connectivity index (χ1n) is 15.6. The molecule has 1 N–H and O–H groups in total. The van der Waals surface area contributed by atoms with Crippen LogP contribution in [0.3, 0.4) is 0 Å². The van der Waals surface area contributed by atoms with E-state index in [-0.39, 0.29) is 41.8 Å². The van der Waals surface area contributed by atoms with Gasteiger partial charge in [0.2, 0.25) is 10.0 Å². The van der Waals surface area contributed by atoms with Gasteiger partial charge in [0.05, 0.1) is 42.4 Å². The zero-order valence-corrected chi connectivity index (χ0v) is 27.1. The molecule has 0 unspecified atom stereocenters. The Hall–Kier alpha value is -3.37. The average molecular weight is 646 g/mol. The summed E-state index contributed by atoms with van der Waals surface area (Å²) >= 11 is 0. The van der Waals surface area contributed by atoms with Crippen LogP contribution in [-0.2, 0) is 37.8 Å². The Morgan fingerprint density at radius 1 is 1.04 bits per heavy atom. The molecule has 0 spiro atoms. The summed E-state index contributed by atoms with van der Waals surface area (Å²) in [6.07, 6.45) is 1.74. The monoisotopic (exact) mass is 645 g/mol. The van der Waals surface area contributed by atoms with Crippen molar-refractivity contribution in [3.05, 3.63) is 34.2 Å². The molecule has 2 aliphatic rings. The van der Waals surface area contributed by atoms with Crippen molar-refractivity contribution in [3.8, 4) is 17.1 Å². The number of morpholine rings is 1. The molecule has 2 aliphatic heterocycles. The van der Waals surface area contributed by atoms with E-state index in [1.165, 1.54) is 21.1 Å². The molecule has 1 aromatic carbocycles. The summed E-state index contributed by atoms with van der Waals surface area (Å²) in [5.41, 5.74) is 1.59. The average Bonchev–Trinajstić information content (AvgIpc) is 3.36. The number of aromatic nitrogens is 4. The van der Waals surface area contributed by atoms with Crippen molar-refractivity contribution in [2.45, 2.75) is 38.0 Å². The number of esters is 1. The van der Waals surface area contributed by atoms with Gasteiger partial charge in [0, 0.05) is 59.4 Å². The highest BCUT2D eigenvalue weighted by Crippen LogP contribution is 2.32. The molecule has 0 aliphatic carbocycles. The van der Waals surface area contributed by atoms with Crippen molar-refractivity contribution >= 4 is 27.0 Å². The highest BCUT2D eigenvalue weighted by Gasteiger charge is 2.30. The lowest BCUT2D eigenvalue weighted by molar-refractivity contribution is -0.144. The maximum Gasteiger partial charge on any atom is 0.307 e. The Morgan fingerprint density at radius 3 is 2.49 bits per heavy atom. The number of carbonyl (C=O) groups is 1. The third kappa shape index (κ3) is 7.72. The van der Waals surface area contributed by atoms with Crippen LogP contribution in [0.5, 0.6) is 5.75 Å². The lowest BCUT2D eigenvalue weighted by atomic mass is 10.1. The van der Waals surface area contributed by atoms with Crippen LogP contribution >= 0.6 is 0 Å². The lowest BCUT2D eigenvalue weighted by Gasteiger charge is -2.33. The molecule has 0 bridgehead atoms. The van der Waals surface area contributed by atoms with Crippen LogP contribution in [0.25, 0.3) is 22.4 Å². The number of hydrogen-bond donors (Lipinski definition) is 1. The summed E-state index contributed by atoms with van der Waals surface area (Å²) in [5.74, 6) is 0.389. The van der Waals surface area contributed by atoms with E-state index in [9.17, 15) is 18.0 Å². The number of nitrogens with one attached hydrogen (secondary N) is 1. The fourth-order valence-corrected chi connectivity index (χ4v) is 7.14. The maximum atomic E-state index is 13.8. The van der Waals surface area contributed by atoms with Crippen molar-refractivity contribution < 1.29 is 27.4 Å². The zero-order valence-electron chi connectivity index (χ0n) is 26.3. The topological polar surface area (TPSA) is 152 Å². The first-order chi connectivity index (χ1) is 21.7. The summed E-state index contributed by atoms with van der Waals surface area (Å²) in [6.45, 7) is 10.4. The van der Waals surface area contributed by atoms with Gasteiger partial charge in [-0.25, -0.2) is 13.4 Å². The number of rotatable bonds is 13. The molecule has 15 heteroatoms. The van der Waals surface area contributed by atoms with E-state index in [0.717, 1.165) is 19.5 Å². The van der Waals surface area contributed by atoms with Crippen molar-refractivity contribution in [1.82, 2.24) is 33.9 Å². The van der Waals surface area contributed by atoms with Gasteiger partial charge in [0.15, 0.2) is 5.52 Å². The number of fused-ring (bicyclic) bond motifs is 1.